The predicted octanol–water partition coefficient (Wildman–Crippen LogP) is 3.60. The maximum atomic E-state index is 10.5. The summed E-state index contributed by atoms with van der Waals surface area (Å²) in [6.45, 7) is 1.70. The van der Waals surface area contributed by atoms with E-state index in [4.69, 9.17) is 39.5 Å². The van der Waals surface area contributed by atoms with Gasteiger partial charge in [-0.3, -0.25) is 10.1 Å². The summed E-state index contributed by atoms with van der Waals surface area (Å²) in [5, 5.41) is 10.5. The summed E-state index contributed by atoms with van der Waals surface area (Å²) < 4.78 is 3.82. The molecule has 7 heteroatoms. The average molecular weight is 305 g/mol. The van der Waals surface area contributed by atoms with Gasteiger partial charge in [-0.2, -0.15) is 0 Å². The van der Waals surface area contributed by atoms with E-state index in [1.807, 2.05) is 0 Å². The molecular formula is C10H16Cl3NO3. The van der Waals surface area contributed by atoms with Crippen LogP contribution in [0.2, 0.25) is 0 Å². The van der Waals surface area contributed by atoms with Crippen molar-refractivity contribution in [2.24, 2.45) is 5.92 Å². The molecule has 0 aromatic heterocycles. The molecule has 0 spiro atoms. The zero-order valence-corrected chi connectivity index (χ0v) is 11.8. The van der Waals surface area contributed by atoms with Crippen LogP contribution in [0.25, 0.3) is 0 Å². The van der Waals surface area contributed by atoms with Crippen LogP contribution >= 0.6 is 34.8 Å². The zero-order chi connectivity index (χ0) is 13.1. The van der Waals surface area contributed by atoms with Gasteiger partial charge in [0.15, 0.2) is 6.10 Å². The highest BCUT2D eigenvalue weighted by Crippen LogP contribution is 2.35. The molecule has 0 saturated heterocycles. The molecule has 0 aliphatic heterocycles. The number of ether oxygens (including phenoxy) is 1. The van der Waals surface area contributed by atoms with E-state index in [9.17, 15) is 10.1 Å². The molecule has 1 saturated carbocycles. The third kappa shape index (κ3) is 5.60. The van der Waals surface area contributed by atoms with E-state index in [2.05, 4.69) is 6.92 Å². The van der Waals surface area contributed by atoms with Crippen molar-refractivity contribution in [3.63, 3.8) is 0 Å². The van der Waals surface area contributed by atoms with Crippen molar-refractivity contribution < 1.29 is 9.66 Å². The highest BCUT2D eigenvalue weighted by Gasteiger charge is 2.39. The van der Waals surface area contributed by atoms with Gasteiger partial charge in [-0.1, -0.05) is 41.7 Å². The zero-order valence-electron chi connectivity index (χ0n) is 9.57. The Hall–Kier alpha value is 0.230. The van der Waals surface area contributed by atoms with Gasteiger partial charge in [0.05, 0.1) is 6.10 Å². The summed E-state index contributed by atoms with van der Waals surface area (Å²) in [5.74, 6) is 0.677. The molecule has 0 amide bonds. The number of nitro groups is 1. The largest absolute Gasteiger partial charge is 0.364 e. The molecule has 0 aromatic carbocycles. The summed E-state index contributed by atoms with van der Waals surface area (Å²) in [4.78, 5) is 9.98. The molecule has 0 heterocycles. The minimum atomic E-state index is -1.75. The fourth-order valence-corrected chi connectivity index (χ4v) is 2.32. The molecule has 1 aliphatic carbocycles. The molecule has 4 nitrogen and oxygen atoms in total. The number of hydrogen-bond acceptors (Lipinski definition) is 3. The van der Waals surface area contributed by atoms with Gasteiger partial charge < -0.3 is 4.74 Å². The molecule has 0 aromatic rings. The molecule has 100 valence electrons. The van der Waals surface area contributed by atoms with Crippen LogP contribution in [0.5, 0.6) is 0 Å². The predicted molar refractivity (Wildman–Crippen MR) is 68.4 cm³/mol. The third-order valence-electron chi connectivity index (χ3n) is 3.00. The van der Waals surface area contributed by atoms with E-state index >= 15 is 0 Å². The highest BCUT2D eigenvalue weighted by molar-refractivity contribution is 6.68. The second kappa shape index (κ2) is 6.41. The normalized spacial score (nSPS) is 27.8. The first-order valence-corrected chi connectivity index (χ1v) is 6.76. The second-order valence-corrected chi connectivity index (χ2v) is 6.93. The van der Waals surface area contributed by atoms with E-state index < -0.39 is 21.4 Å². The lowest BCUT2D eigenvalue weighted by Crippen LogP contribution is -2.39. The molecule has 1 rings (SSSR count). The second-order valence-electron chi connectivity index (χ2n) is 4.56. The third-order valence-corrected chi connectivity index (χ3v) is 3.73. The maximum absolute atomic E-state index is 10.5. The summed E-state index contributed by atoms with van der Waals surface area (Å²) >= 11 is 17.1. The molecular weight excluding hydrogens is 288 g/mol. The van der Waals surface area contributed by atoms with Gasteiger partial charge in [-0.05, 0) is 31.6 Å². The Balaban J connectivity index is 2.51. The Bertz CT molecular complexity index is 262. The Labute approximate surface area is 116 Å². The highest BCUT2D eigenvalue weighted by atomic mass is 35.6. The van der Waals surface area contributed by atoms with Gasteiger partial charge in [-0.15, -0.1) is 0 Å². The fraction of sp³-hybridized carbons (Fsp3) is 1.00. The average Bonchev–Trinajstić information content (AvgIpc) is 2.18. The van der Waals surface area contributed by atoms with E-state index in [1.165, 1.54) is 0 Å². The van der Waals surface area contributed by atoms with Crippen LogP contribution in [0.1, 0.15) is 32.6 Å². The first-order valence-electron chi connectivity index (χ1n) is 5.63. The summed E-state index contributed by atoms with van der Waals surface area (Å²) in [6.07, 6.45) is 2.82. The van der Waals surface area contributed by atoms with Crippen LogP contribution in [-0.2, 0) is 4.74 Å². The van der Waals surface area contributed by atoms with Crippen molar-refractivity contribution >= 4 is 34.8 Å². The van der Waals surface area contributed by atoms with Crippen molar-refractivity contribution in [3.8, 4) is 0 Å². The molecule has 1 fully saturated rings. The monoisotopic (exact) mass is 303 g/mol. The lowest BCUT2D eigenvalue weighted by Gasteiger charge is -2.31. The van der Waals surface area contributed by atoms with Gasteiger partial charge in [0, 0.05) is 4.92 Å². The van der Waals surface area contributed by atoms with E-state index in [1.54, 1.807) is 0 Å². The number of hydrogen-bond donors (Lipinski definition) is 0. The summed E-state index contributed by atoms with van der Waals surface area (Å²) in [6, 6.07) is 0. The number of halogens is 3. The Morgan fingerprint density at radius 3 is 2.29 bits per heavy atom. The quantitative estimate of drug-likeness (QED) is 0.453. The topological polar surface area (TPSA) is 52.4 Å². The van der Waals surface area contributed by atoms with Gasteiger partial charge in [-0.25, -0.2) is 0 Å². The molecule has 0 N–H and O–H groups in total. The molecule has 1 aliphatic rings. The van der Waals surface area contributed by atoms with Gasteiger partial charge in [0.2, 0.25) is 10.3 Å². The standard InChI is InChI=1S/C10H16Cl3NO3/c1-7-2-4-8(5-3-7)17-9(6-14(15)16)10(11,12)13/h7-9H,2-6H2,1H3/t7?,8?,9-/m1/s1. The minimum Gasteiger partial charge on any atom is -0.364 e. The molecule has 0 bridgehead atoms. The van der Waals surface area contributed by atoms with Crippen LogP contribution in [0.4, 0.5) is 0 Å². The number of nitrogens with zero attached hydrogens (tertiary/aromatic N) is 1. The Kier molecular flexibility index (Phi) is 5.77. The van der Waals surface area contributed by atoms with Crippen molar-refractivity contribution in [3.05, 3.63) is 10.1 Å². The maximum Gasteiger partial charge on any atom is 0.233 e. The van der Waals surface area contributed by atoms with Crippen LogP contribution < -0.4 is 0 Å². The molecule has 17 heavy (non-hydrogen) atoms. The van der Waals surface area contributed by atoms with Gasteiger partial charge in [0.1, 0.15) is 0 Å². The Morgan fingerprint density at radius 1 is 1.35 bits per heavy atom. The summed E-state index contributed by atoms with van der Waals surface area (Å²) in [5.41, 5.74) is 0. The van der Waals surface area contributed by atoms with Crippen molar-refractivity contribution in [1.82, 2.24) is 0 Å². The number of alkyl halides is 3. The molecule has 0 radical (unpaired) electrons. The lowest BCUT2D eigenvalue weighted by atomic mass is 9.89. The van der Waals surface area contributed by atoms with Crippen LogP contribution in [0.15, 0.2) is 0 Å². The van der Waals surface area contributed by atoms with Crippen LogP contribution in [-0.4, -0.2) is 27.5 Å². The van der Waals surface area contributed by atoms with Crippen LogP contribution in [0.3, 0.4) is 0 Å². The van der Waals surface area contributed by atoms with Crippen molar-refractivity contribution in [2.75, 3.05) is 6.54 Å². The minimum absolute atomic E-state index is 0.0354. The van der Waals surface area contributed by atoms with Gasteiger partial charge >= 0.3 is 0 Å². The first kappa shape index (κ1) is 15.3. The molecule has 1 atom stereocenters. The smallest absolute Gasteiger partial charge is 0.233 e. The molecule has 0 unspecified atom stereocenters. The SMILES string of the molecule is CC1CCC(O[C@H](C[N+](=O)[O-])C(Cl)(Cl)Cl)CC1. The Morgan fingerprint density at radius 2 is 1.88 bits per heavy atom. The van der Waals surface area contributed by atoms with Crippen molar-refractivity contribution in [1.29, 1.82) is 0 Å². The fourth-order valence-electron chi connectivity index (χ4n) is 1.96. The van der Waals surface area contributed by atoms with E-state index in [0.29, 0.717) is 5.92 Å². The lowest BCUT2D eigenvalue weighted by molar-refractivity contribution is -0.492. The van der Waals surface area contributed by atoms with E-state index in [-0.39, 0.29) is 6.10 Å². The van der Waals surface area contributed by atoms with Crippen molar-refractivity contribution in [2.45, 2.75) is 48.6 Å². The number of rotatable bonds is 4. The summed E-state index contributed by atoms with van der Waals surface area (Å²) in [7, 11) is 0. The van der Waals surface area contributed by atoms with Crippen LogP contribution in [0, 0.1) is 16.0 Å². The van der Waals surface area contributed by atoms with E-state index in [0.717, 1.165) is 25.7 Å². The first-order chi connectivity index (χ1) is 7.79. The van der Waals surface area contributed by atoms with Gasteiger partial charge in [0.25, 0.3) is 0 Å².